The molecule has 7 aliphatic carbocycles. The standard InChI is InChI=1S/C16H18O4/c1-19-14(17)16(15(18)20-2)12-8-4-3-5-7-6(4)10(12)11(7)13(16)9(5)8/h4-13H,3H2,1-2H3/t4-,5+,6-,7-,8+,9-,10?,11-,12-,13+/m1/s1. The van der Waals surface area contributed by atoms with Crippen LogP contribution in [0, 0.1) is 64.6 Å². The molecule has 7 rings (SSSR count). The largest absolute Gasteiger partial charge is 0.468 e. The second kappa shape index (κ2) is 2.67. The lowest BCUT2D eigenvalue weighted by Gasteiger charge is -2.44. The molecule has 4 bridgehead atoms. The fourth-order valence-corrected chi connectivity index (χ4v) is 8.93. The molecule has 0 N–H and O–H groups in total. The third-order valence-corrected chi connectivity index (χ3v) is 8.50. The molecule has 1 unspecified atom stereocenters. The number of methoxy groups -OCH3 is 2. The molecule has 20 heavy (non-hydrogen) atoms. The number of hydrogen-bond acceptors (Lipinski definition) is 4. The Bertz CT molecular complexity index is 529. The van der Waals surface area contributed by atoms with Crippen LogP contribution >= 0.6 is 0 Å². The summed E-state index contributed by atoms with van der Waals surface area (Å²) in [5.74, 6) is 5.64. The number of carbonyl (C=O) groups excluding carboxylic acids is 2. The van der Waals surface area contributed by atoms with Gasteiger partial charge in [-0.1, -0.05) is 0 Å². The first-order chi connectivity index (χ1) is 9.69. The van der Waals surface area contributed by atoms with Crippen molar-refractivity contribution in [3.05, 3.63) is 0 Å². The second-order valence-corrected chi connectivity index (χ2v) is 7.93. The van der Waals surface area contributed by atoms with Gasteiger partial charge in [0.25, 0.3) is 0 Å². The lowest BCUT2D eigenvalue weighted by molar-refractivity contribution is -0.174. The van der Waals surface area contributed by atoms with Gasteiger partial charge >= 0.3 is 11.9 Å². The van der Waals surface area contributed by atoms with Crippen molar-refractivity contribution in [2.45, 2.75) is 6.42 Å². The van der Waals surface area contributed by atoms with Crippen LogP contribution < -0.4 is 0 Å². The molecule has 0 radical (unpaired) electrons. The highest BCUT2D eigenvalue weighted by atomic mass is 16.5. The molecule has 0 heterocycles. The minimum Gasteiger partial charge on any atom is -0.468 e. The van der Waals surface area contributed by atoms with Gasteiger partial charge in [-0.3, -0.25) is 9.59 Å². The van der Waals surface area contributed by atoms with Gasteiger partial charge in [0.05, 0.1) is 14.2 Å². The SMILES string of the molecule is COC(=O)C1(C(=O)OC)[C@@H]2[C@H]3C4[C@@H]5[C@H]6C[C@@H]([C@H]53)[C@@H]2[C@H]6[C@H]41. The normalized spacial score (nSPS) is 63.1. The fourth-order valence-electron chi connectivity index (χ4n) is 8.93. The Morgan fingerprint density at radius 1 is 0.800 bits per heavy atom. The Kier molecular flexibility index (Phi) is 1.42. The monoisotopic (exact) mass is 274 g/mol. The summed E-state index contributed by atoms with van der Waals surface area (Å²) in [6, 6.07) is 0. The molecule has 4 heteroatoms. The van der Waals surface area contributed by atoms with Crippen LogP contribution in [-0.2, 0) is 19.1 Å². The Morgan fingerprint density at radius 3 is 1.65 bits per heavy atom. The number of carbonyl (C=O) groups is 2. The molecule has 7 saturated carbocycles. The minimum atomic E-state index is -0.939. The molecule has 0 spiro atoms. The zero-order valence-corrected chi connectivity index (χ0v) is 11.6. The van der Waals surface area contributed by atoms with Gasteiger partial charge < -0.3 is 9.47 Å². The highest BCUT2D eigenvalue weighted by Crippen LogP contribution is 2.94. The van der Waals surface area contributed by atoms with Crippen molar-refractivity contribution < 1.29 is 19.1 Å². The molecule has 0 aromatic carbocycles. The van der Waals surface area contributed by atoms with Crippen LogP contribution in [0.4, 0.5) is 0 Å². The van der Waals surface area contributed by atoms with E-state index in [1.165, 1.54) is 20.6 Å². The first kappa shape index (κ1) is 10.6. The van der Waals surface area contributed by atoms with E-state index in [0.29, 0.717) is 23.7 Å². The molecular formula is C16H18O4. The Morgan fingerprint density at radius 2 is 1.25 bits per heavy atom. The summed E-state index contributed by atoms with van der Waals surface area (Å²) in [7, 11) is 2.84. The van der Waals surface area contributed by atoms with Gasteiger partial charge in [0.2, 0.25) is 0 Å². The van der Waals surface area contributed by atoms with Gasteiger partial charge in [-0.25, -0.2) is 0 Å². The van der Waals surface area contributed by atoms with Crippen LogP contribution in [0.3, 0.4) is 0 Å². The quantitative estimate of drug-likeness (QED) is 0.556. The average molecular weight is 274 g/mol. The summed E-state index contributed by atoms with van der Waals surface area (Å²) >= 11 is 0. The van der Waals surface area contributed by atoms with E-state index in [9.17, 15) is 9.59 Å². The molecule has 0 amide bonds. The molecule has 0 aromatic rings. The Hall–Kier alpha value is -1.06. The molecule has 4 nitrogen and oxygen atoms in total. The third kappa shape index (κ3) is 0.626. The predicted molar refractivity (Wildman–Crippen MR) is 66.0 cm³/mol. The van der Waals surface area contributed by atoms with E-state index in [1.54, 1.807) is 0 Å². The Labute approximate surface area is 117 Å². The first-order valence-corrected chi connectivity index (χ1v) is 7.86. The molecular weight excluding hydrogens is 256 g/mol. The second-order valence-electron chi connectivity index (χ2n) is 7.93. The van der Waals surface area contributed by atoms with E-state index >= 15 is 0 Å². The van der Waals surface area contributed by atoms with E-state index in [0.717, 1.165) is 23.7 Å². The average Bonchev–Trinajstić information content (AvgIpc) is 3.08. The van der Waals surface area contributed by atoms with Crippen molar-refractivity contribution in [2.24, 2.45) is 64.6 Å². The van der Waals surface area contributed by atoms with Gasteiger partial charge in [0.1, 0.15) is 0 Å². The molecule has 0 aliphatic heterocycles. The van der Waals surface area contributed by atoms with Gasteiger partial charge in [-0.05, 0) is 65.6 Å². The van der Waals surface area contributed by atoms with Crippen LogP contribution in [0.1, 0.15) is 6.42 Å². The van der Waals surface area contributed by atoms with Gasteiger partial charge in [0, 0.05) is 0 Å². The predicted octanol–water partition coefficient (Wildman–Crippen LogP) is 0.952. The van der Waals surface area contributed by atoms with Gasteiger partial charge in [-0.15, -0.1) is 0 Å². The van der Waals surface area contributed by atoms with E-state index in [-0.39, 0.29) is 23.8 Å². The van der Waals surface area contributed by atoms with Crippen LogP contribution in [0.25, 0.3) is 0 Å². The summed E-state index contributed by atoms with van der Waals surface area (Å²) < 4.78 is 10.2. The van der Waals surface area contributed by atoms with Crippen molar-refractivity contribution in [3.63, 3.8) is 0 Å². The van der Waals surface area contributed by atoms with Crippen LogP contribution in [0.5, 0.6) is 0 Å². The van der Waals surface area contributed by atoms with Crippen molar-refractivity contribution in [1.82, 2.24) is 0 Å². The van der Waals surface area contributed by atoms with E-state index in [2.05, 4.69) is 0 Å². The van der Waals surface area contributed by atoms with Crippen LogP contribution in [0.2, 0.25) is 0 Å². The molecule has 106 valence electrons. The maximum absolute atomic E-state index is 12.6. The molecule has 0 saturated heterocycles. The zero-order valence-electron chi connectivity index (χ0n) is 11.6. The fraction of sp³-hybridized carbons (Fsp3) is 0.875. The smallest absolute Gasteiger partial charge is 0.323 e. The third-order valence-electron chi connectivity index (χ3n) is 8.50. The maximum Gasteiger partial charge on any atom is 0.323 e. The van der Waals surface area contributed by atoms with Gasteiger partial charge in [-0.2, -0.15) is 0 Å². The van der Waals surface area contributed by atoms with E-state index in [4.69, 9.17) is 9.47 Å². The van der Waals surface area contributed by atoms with Crippen molar-refractivity contribution >= 4 is 11.9 Å². The molecule has 7 aliphatic rings. The number of hydrogen-bond donors (Lipinski definition) is 0. The number of ether oxygens (including phenoxy) is 2. The molecule has 0 aromatic heterocycles. The lowest BCUT2D eigenvalue weighted by atomic mass is 9.60. The van der Waals surface area contributed by atoms with Crippen molar-refractivity contribution in [1.29, 1.82) is 0 Å². The summed E-state index contributed by atoms with van der Waals surface area (Å²) in [6.45, 7) is 0. The highest BCUT2D eigenvalue weighted by Gasteiger charge is 2.95. The zero-order chi connectivity index (χ0) is 13.5. The van der Waals surface area contributed by atoms with E-state index < -0.39 is 5.41 Å². The topological polar surface area (TPSA) is 52.6 Å². The van der Waals surface area contributed by atoms with Crippen LogP contribution in [0.15, 0.2) is 0 Å². The molecule has 7 fully saturated rings. The van der Waals surface area contributed by atoms with Crippen molar-refractivity contribution in [2.75, 3.05) is 14.2 Å². The Balaban J connectivity index is 1.62. The number of rotatable bonds is 2. The van der Waals surface area contributed by atoms with Gasteiger partial charge in [0.15, 0.2) is 5.41 Å². The summed E-state index contributed by atoms with van der Waals surface area (Å²) in [5, 5.41) is 0. The lowest BCUT2D eigenvalue weighted by Crippen LogP contribution is -2.46. The summed E-state index contributed by atoms with van der Waals surface area (Å²) in [6.07, 6.45) is 1.38. The van der Waals surface area contributed by atoms with E-state index in [1.807, 2.05) is 0 Å². The highest BCUT2D eigenvalue weighted by molar-refractivity contribution is 6.02. The number of esters is 2. The first-order valence-electron chi connectivity index (χ1n) is 7.86. The summed E-state index contributed by atoms with van der Waals surface area (Å²) in [4.78, 5) is 25.3. The van der Waals surface area contributed by atoms with Crippen molar-refractivity contribution in [3.8, 4) is 0 Å². The molecule has 10 atom stereocenters. The van der Waals surface area contributed by atoms with Crippen LogP contribution in [-0.4, -0.2) is 26.2 Å². The maximum atomic E-state index is 12.6. The summed E-state index contributed by atoms with van der Waals surface area (Å²) in [5.41, 5.74) is -0.939. The minimum absolute atomic E-state index is 0.237.